The van der Waals surface area contributed by atoms with E-state index in [0.717, 1.165) is 19.2 Å². The molecule has 23 heavy (non-hydrogen) atoms. The molecule has 0 N–H and O–H groups in total. The summed E-state index contributed by atoms with van der Waals surface area (Å²) in [7, 11) is 0. The van der Waals surface area contributed by atoms with E-state index < -0.39 is 0 Å². The summed E-state index contributed by atoms with van der Waals surface area (Å²) in [6.07, 6.45) is 1.80. The predicted octanol–water partition coefficient (Wildman–Crippen LogP) is 5.15. The summed E-state index contributed by atoms with van der Waals surface area (Å²) in [6, 6.07) is 13.3. The minimum atomic E-state index is -0.255. The molecular weight excluding hydrogens is 440 g/mol. The van der Waals surface area contributed by atoms with Gasteiger partial charge in [-0.1, -0.05) is 55.3 Å². The number of benzene rings is 2. The first kappa shape index (κ1) is 16.4. The van der Waals surface area contributed by atoms with Gasteiger partial charge in [0.15, 0.2) is 4.80 Å². The van der Waals surface area contributed by atoms with Crippen molar-refractivity contribution in [3.8, 4) is 0 Å². The molecule has 0 bridgehead atoms. The van der Waals surface area contributed by atoms with Gasteiger partial charge in [-0.2, -0.15) is 4.99 Å². The van der Waals surface area contributed by atoms with Gasteiger partial charge in [0.2, 0.25) is 0 Å². The molecule has 3 aromatic rings. The number of rotatable bonds is 3. The average molecular weight is 452 g/mol. The molecule has 0 aliphatic carbocycles. The van der Waals surface area contributed by atoms with Crippen LogP contribution in [-0.2, 0) is 6.54 Å². The molecule has 3 rings (SSSR count). The van der Waals surface area contributed by atoms with Gasteiger partial charge in [-0.3, -0.25) is 4.79 Å². The van der Waals surface area contributed by atoms with Crippen molar-refractivity contribution >= 4 is 59.3 Å². The van der Waals surface area contributed by atoms with Crippen molar-refractivity contribution in [2.24, 2.45) is 4.99 Å². The molecule has 3 nitrogen and oxygen atoms in total. The van der Waals surface area contributed by atoms with Crippen LogP contribution in [0.5, 0.6) is 0 Å². The molecule has 0 fully saturated rings. The van der Waals surface area contributed by atoms with Gasteiger partial charge < -0.3 is 4.57 Å². The Hall–Kier alpha value is -1.50. The van der Waals surface area contributed by atoms with E-state index >= 15 is 0 Å². The Morgan fingerprint density at radius 3 is 2.74 bits per heavy atom. The van der Waals surface area contributed by atoms with Gasteiger partial charge in [-0.25, -0.2) is 0 Å². The fraction of sp³-hybridized carbons (Fsp3) is 0.0588. The van der Waals surface area contributed by atoms with E-state index in [-0.39, 0.29) is 5.91 Å². The highest BCUT2D eigenvalue weighted by Crippen LogP contribution is 2.22. The topological polar surface area (TPSA) is 34.4 Å². The maximum Gasteiger partial charge on any atom is 0.279 e. The Morgan fingerprint density at radius 2 is 2.00 bits per heavy atom. The number of aromatic nitrogens is 1. The minimum Gasteiger partial charge on any atom is -0.312 e. The van der Waals surface area contributed by atoms with Crippen LogP contribution in [0.25, 0.3) is 10.2 Å². The Bertz CT molecular complexity index is 972. The summed E-state index contributed by atoms with van der Waals surface area (Å²) in [5.74, 6) is -0.255. The second-order valence-electron chi connectivity index (χ2n) is 4.82. The van der Waals surface area contributed by atoms with Gasteiger partial charge in [0.05, 0.1) is 10.2 Å². The molecular formula is C17H12Br2N2OS. The maximum absolute atomic E-state index is 12.4. The SMILES string of the molecule is C=CCn1c(=NC(=O)c2cccc(Br)c2)sc2cc(Br)ccc21. The second kappa shape index (κ2) is 6.95. The Kier molecular flexibility index (Phi) is 4.94. The third-order valence-electron chi connectivity index (χ3n) is 3.23. The van der Waals surface area contributed by atoms with Gasteiger partial charge in [-0.15, -0.1) is 6.58 Å². The lowest BCUT2D eigenvalue weighted by molar-refractivity contribution is 0.0998. The lowest BCUT2D eigenvalue weighted by Crippen LogP contribution is -2.16. The van der Waals surface area contributed by atoms with E-state index in [0.29, 0.717) is 16.9 Å². The molecule has 0 aliphatic rings. The Labute approximate surface area is 154 Å². The summed E-state index contributed by atoms with van der Waals surface area (Å²) in [5.41, 5.74) is 1.60. The van der Waals surface area contributed by atoms with Gasteiger partial charge >= 0.3 is 0 Å². The van der Waals surface area contributed by atoms with E-state index in [1.54, 1.807) is 18.2 Å². The number of nitrogens with zero attached hydrogens (tertiary/aromatic N) is 2. The van der Waals surface area contributed by atoms with Crippen LogP contribution in [0.2, 0.25) is 0 Å². The van der Waals surface area contributed by atoms with Crippen molar-refractivity contribution in [1.29, 1.82) is 0 Å². The lowest BCUT2D eigenvalue weighted by Gasteiger charge is -2.01. The smallest absolute Gasteiger partial charge is 0.279 e. The second-order valence-corrected chi connectivity index (χ2v) is 7.66. The van der Waals surface area contributed by atoms with Gasteiger partial charge in [0, 0.05) is 21.1 Å². The van der Waals surface area contributed by atoms with E-state index in [4.69, 9.17) is 0 Å². The van der Waals surface area contributed by atoms with Crippen molar-refractivity contribution in [3.63, 3.8) is 0 Å². The monoisotopic (exact) mass is 450 g/mol. The predicted molar refractivity (Wildman–Crippen MR) is 102 cm³/mol. The average Bonchev–Trinajstić information content (AvgIpc) is 2.84. The zero-order chi connectivity index (χ0) is 16.4. The van der Waals surface area contributed by atoms with Crippen LogP contribution >= 0.6 is 43.2 Å². The molecule has 0 radical (unpaired) electrons. The summed E-state index contributed by atoms with van der Waals surface area (Å²) < 4.78 is 4.93. The van der Waals surface area contributed by atoms with Crippen LogP contribution in [0.1, 0.15) is 10.4 Å². The summed E-state index contributed by atoms with van der Waals surface area (Å²) in [6.45, 7) is 4.40. The quantitative estimate of drug-likeness (QED) is 0.506. The van der Waals surface area contributed by atoms with E-state index in [2.05, 4.69) is 43.4 Å². The van der Waals surface area contributed by atoms with E-state index in [1.165, 1.54) is 11.3 Å². The molecule has 116 valence electrons. The molecule has 0 aliphatic heterocycles. The maximum atomic E-state index is 12.4. The molecule has 2 aromatic carbocycles. The van der Waals surface area contributed by atoms with Crippen molar-refractivity contribution in [1.82, 2.24) is 4.57 Å². The first-order chi connectivity index (χ1) is 11.1. The zero-order valence-corrected chi connectivity index (χ0v) is 16.0. The van der Waals surface area contributed by atoms with Crippen LogP contribution in [0.4, 0.5) is 0 Å². The third kappa shape index (κ3) is 3.54. The van der Waals surface area contributed by atoms with Crippen molar-refractivity contribution < 1.29 is 4.79 Å². The standard InChI is InChI=1S/C17H12Br2N2OS/c1-2-8-21-14-7-6-13(19)10-15(14)23-17(21)20-16(22)11-4-3-5-12(18)9-11/h2-7,9-10H,1,8H2. The summed E-state index contributed by atoms with van der Waals surface area (Å²) >= 11 is 8.34. The van der Waals surface area contributed by atoms with Crippen molar-refractivity contribution in [2.75, 3.05) is 0 Å². The number of carbonyl (C=O) groups excluding carboxylic acids is 1. The number of allylic oxidation sites excluding steroid dienone is 1. The van der Waals surface area contributed by atoms with Crippen LogP contribution < -0.4 is 4.80 Å². The third-order valence-corrected chi connectivity index (χ3v) is 5.25. The zero-order valence-electron chi connectivity index (χ0n) is 12.0. The van der Waals surface area contributed by atoms with Crippen LogP contribution in [0.15, 0.2) is 69.1 Å². The van der Waals surface area contributed by atoms with Crippen molar-refractivity contribution in [3.05, 3.63) is 74.4 Å². The van der Waals surface area contributed by atoms with Crippen LogP contribution in [0, 0.1) is 0 Å². The van der Waals surface area contributed by atoms with Gasteiger partial charge in [0.1, 0.15) is 0 Å². The highest BCUT2D eigenvalue weighted by molar-refractivity contribution is 9.10. The van der Waals surface area contributed by atoms with E-state index in [9.17, 15) is 4.79 Å². The highest BCUT2D eigenvalue weighted by atomic mass is 79.9. The number of halogens is 2. The first-order valence-corrected chi connectivity index (χ1v) is 9.23. The van der Waals surface area contributed by atoms with Crippen LogP contribution in [0.3, 0.4) is 0 Å². The van der Waals surface area contributed by atoms with E-state index in [1.807, 2.05) is 34.9 Å². The fourth-order valence-electron chi connectivity index (χ4n) is 2.21. The molecule has 1 amide bonds. The first-order valence-electron chi connectivity index (χ1n) is 6.83. The van der Waals surface area contributed by atoms with Gasteiger partial charge in [0.25, 0.3) is 5.91 Å². The van der Waals surface area contributed by atoms with Gasteiger partial charge in [-0.05, 0) is 36.4 Å². The number of amides is 1. The number of fused-ring (bicyclic) bond motifs is 1. The summed E-state index contributed by atoms with van der Waals surface area (Å²) in [4.78, 5) is 17.4. The fourth-order valence-corrected chi connectivity index (χ4v) is 4.20. The molecule has 6 heteroatoms. The minimum absolute atomic E-state index is 0.255. The number of hydrogen-bond donors (Lipinski definition) is 0. The number of carbonyl (C=O) groups is 1. The largest absolute Gasteiger partial charge is 0.312 e. The lowest BCUT2D eigenvalue weighted by atomic mass is 10.2. The molecule has 0 atom stereocenters. The normalized spacial score (nSPS) is 11.8. The Balaban J connectivity index is 2.16. The summed E-state index contributed by atoms with van der Waals surface area (Å²) in [5, 5.41) is 0. The number of hydrogen-bond acceptors (Lipinski definition) is 2. The molecule has 0 saturated carbocycles. The van der Waals surface area contributed by atoms with Crippen molar-refractivity contribution in [2.45, 2.75) is 6.54 Å². The molecule has 1 aromatic heterocycles. The Morgan fingerprint density at radius 1 is 1.22 bits per heavy atom. The number of thiazole rings is 1. The molecule has 0 spiro atoms. The molecule has 0 unspecified atom stereocenters. The highest BCUT2D eigenvalue weighted by Gasteiger charge is 2.09. The molecule has 0 saturated heterocycles. The molecule has 1 heterocycles. The van der Waals surface area contributed by atoms with Crippen LogP contribution in [-0.4, -0.2) is 10.5 Å².